The number of amides is 1. The summed E-state index contributed by atoms with van der Waals surface area (Å²) in [6.07, 6.45) is 6.55. The quantitative estimate of drug-likeness (QED) is 0.542. The highest BCUT2D eigenvalue weighted by Gasteiger charge is 2.22. The number of hydrogen-bond acceptors (Lipinski definition) is 6. The Labute approximate surface area is 165 Å². The number of piperazine rings is 1. The number of carbonyl (C=O) groups excluding carboxylic acids is 1. The Hall–Kier alpha value is -2.03. The Morgan fingerprint density at radius 2 is 2.04 bits per heavy atom. The Kier molecular flexibility index (Phi) is 7.55. The zero-order valence-corrected chi connectivity index (χ0v) is 16.7. The fourth-order valence-corrected chi connectivity index (χ4v) is 4.49. The zero-order valence-electron chi connectivity index (χ0n) is 15.9. The van der Waals surface area contributed by atoms with Gasteiger partial charge in [0.1, 0.15) is 0 Å². The number of nitrogens with one attached hydrogen (secondary N) is 2. The van der Waals surface area contributed by atoms with Crippen molar-refractivity contribution in [3.63, 3.8) is 0 Å². The molecule has 0 saturated carbocycles. The number of nitrogens with zero attached hydrogens (tertiary/aromatic N) is 5. The van der Waals surface area contributed by atoms with Crippen LogP contribution in [0.25, 0.3) is 0 Å². The van der Waals surface area contributed by atoms with Crippen molar-refractivity contribution < 1.29 is 4.79 Å². The van der Waals surface area contributed by atoms with Gasteiger partial charge in [0.05, 0.1) is 0 Å². The number of anilines is 1. The minimum Gasteiger partial charge on any atom is -0.356 e. The molecule has 3 heterocycles. The molecule has 0 spiro atoms. The first-order valence-electron chi connectivity index (χ1n) is 9.62. The van der Waals surface area contributed by atoms with Gasteiger partial charge < -0.3 is 20.4 Å². The second-order valence-corrected chi connectivity index (χ2v) is 8.09. The topological polar surface area (TPSA) is 85.8 Å². The Balaban J connectivity index is 1.33. The highest BCUT2D eigenvalue weighted by molar-refractivity contribution is 8.00. The lowest BCUT2D eigenvalue weighted by Gasteiger charge is -2.34. The predicted octanol–water partition coefficient (Wildman–Crippen LogP) is 0.576. The van der Waals surface area contributed by atoms with Gasteiger partial charge in [0.25, 0.3) is 0 Å². The van der Waals surface area contributed by atoms with Crippen molar-refractivity contribution in [3.05, 3.63) is 18.5 Å². The number of hydrogen-bond donors (Lipinski definition) is 2. The second kappa shape index (κ2) is 10.3. The molecule has 1 unspecified atom stereocenters. The van der Waals surface area contributed by atoms with Gasteiger partial charge in [-0.25, -0.2) is 9.97 Å². The highest BCUT2D eigenvalue weighted by atomic mass is 32.2. The molecule has 0 aromatic carbocycles. The lowest BCUT2D eigenvalue weighted by molar-refractivity contribution is -0.131. The molecule has 2 saturated heterocycles. The normalized spacial score (nSPS) is 20.6. The van der Waals surface area contributed by atoms with E-state index in [1.807, 2.05) is 22.7 Å². The van der Waals surface area contributed by atoms with Crippen LogP contribution in [0.2, 0.25) is 0 Å². The lowest BCUT2D eigenvalue weighted by atomic mass is 10.2. The monoisotopic (exact) mass is 391 g/mol. The summed E-state index contributed by atoms with van der Waals surface area (Å²) in [6, 6.07) is 1.81. The number of guanidine groups is 1. The molecule has 1 aromatic heterocycles. The summed E-state index contributed by atoms with van der Waals surface area (Å²) in [5.41, 5.74) is 0. The van der Waals surface area contributed by atoms with E-state index in [4.69, 9.17) is 0 Å². The fourth-order valence-electron chi connectivity index (χ4n) is 3.29. The number of aliphatic imine (C=N–C) groups is 1. The molecular formula is C18H29N7OS. The van der Waals surface area contributed by atoms with Gasteiger partial charge in [-0.05, 0) is 24.7 Å². The third kappa shape index (κ3) is 5.98. The Morgan fingerprint density at radius 3 is 2.70 bits per heavy atom. The van der Waals surface area contributed by atoms with E-state index in [0.717, 1.165) is 31.5 Å². The van der Waals surface area contributed by atoms with Gasteiger partial charge in [-0.2, -0.15) is 11.8 Å². The summed E-state index contributed by atoms with van der Waals surface area (Å²) in [6.45, 7) is 4.49. The third-order valence-electron chi connectivity index (χ3n) is 4.84. The summed E-state index contributed by atoms with van der Waals surface area (Å²) in [5, 5.41) is 7.29. The van der Waals surface area contributed by atoms with E-state index in [1.54, 1.807) is 19.4 Å². The van der Waals surface area contributed by atoms with E-state index in [1.165, 1.54) is 18.6 Å². The maximum atomic E-state index is 12.5. The van der Waals surface area contributed by atoms with E-state index in [-0.39, 0.29) is 5.91 Å². The Bertz CT molecular complexity index is 613. The summed E-state index contributed by atoms with van der Waals surface area (Å²) < 4.78 is 0. The molecule has 0 radical (unpaired) electrons. The first-order valence-corrected chi connectivity index (χ1v) is 10.7. The maximum Gasteiger partial charge on any atom is 0.225 e. The average molecular weight is 392 g/mol. The lowest BCUT2D eigenvalue weighted by Crippen LogP contribution is -2.50. The fraction of sp³-hybridized carbons (Fsp3) is 0.667. The van der Waals surface area contributed by atoms with E-state index >= 15 is 0 Å². The van der Waals surface area contributed by atoms with E-state index in [9.17, 15) is 4.79 Å². The van der Waals surface area contributed by atoms with Crippen molar-refractivity contribution in [2.75, 3.05) is 57.0 Å². The molecule has 2 aliphatic heterocycles. The summed E-state index contributed by atoms with van der Waals surface area (Å²) in [7, 11) is 1.77. The number of aromatic nitrogens is 2. The summed E-state index contributed by atoms with van der Waals surface area (Å²) >= 11 is 2.02. The number of thioether (sulfide) groups is 1. The molecule has 0 aliphatic carbocycles. The molecule has 27 heavy (non-hydrogen) atoms. The van der Waals surface area contributed by atoms with Gasteiger partial charge in [-0.15, -0.1) is 0 Å². The van der Waals surface area contributed by atoms with Crippen molar-refractivity contribution in [2.24, 2.45) is 4.99 Å². The minimum atomic E-state index is 0.179. The molecule has 1 atom stereocenters. The van der Waals surface area contributed by atoms with E-state index < -0.39 is 0 Å². The first-order chi connectivity index (χ1) is 13.3. The minimum absolute atomic E-state index is 0.179. The van der Waals surface area contributed by atoms with Crippen LogP contribution in [0.3, 0.4) is 0 Å². The second-order valence-electron chi connectivity index (χ2n) is 6.68. The van der Waals surface area contributed by atoms with Gasteiger partial charge in [0, 0.05) is 70.4 Å². The third-order valence-corrected chi connectivity index (χ3v) is 6.24. The van der Waals surface area contributed by atoms with Crippen LogP contribution in [0.5, 0.6) is 0 Å². The summed E-state index contributed by atoms with van der Waals surface area (Å²) in [4.78, 5) is 29.3. The van der Waals surface area contributed by atoms with Gasteiger partial charge >= 0.3 is 0 Å². The predicted molar refractivity (Wildman–Crippen MR) is 110 cm³/mol. The standard InChI is InChI=1S/C18H29N7OS/c1-19-17(23-14-15-4-2-13-27-15)20-8-5-16(26)24-9-11-25(12-10-24)18-21-6-3-7-22-18/h3,6-7,15H,2,4-5,8-14H2,1H3,(H2,19,20,23). The molecule has 2 fully saturated rings. The SMILES string of the molecule is CN=C(NCCC(=O)N1CCN(c2ncccn2)CC1)NCC1CCCS1. The average Bonchev–Trinajstić information content (AvgIpc) is 3.25. The van der Waals surface area contributed by atoms with Gasteiger partial charge in [0.15, 0.2) is 5.96 Å². The summed E-state index contributed by atoms with van der Waals surface area (Å²) in [5.74, 6) is 2.96. The van der Waals surface area contributed by atoms with Crippen LogP contribution < -0.4 is 15.5 Å². The van der Waals surface area contributed by atoms with Crippen molar-refractivity contribution in [3.8, 4) is 0 Å². The van der Waals surface area contributed by atoms with Crippen molar-refractivity contribution in [2.45, 2.75) is 24.5 Å². The maximum absolute atomic E-state index is 12.5. The van der Waals surface area contributed by atoms with E-state index in [2.05, 4.69) is 30.5 Å². The van der Waals surface area contributed by atoms with Crippen LogP contribution in [-0.4, -0.2) is 84.1 Å². The van der Waals surface area contributed by atoms with E-state index in [0.29, 0.717) is 31.3 Å². The van der Waals surface area contributed by atoms with Gasteiger partial charge in [-0.3, -0.25) is 9.79 Å². The largest absolute Gasteiger partial charge is 0.356 e. The molecule has 8 nitrogen and oxygen atoms in total. The van der Waals surface area contributed by atoms with Gasteiger partial charge in [-0.1, -0.05) is 0 Å². The van der Waals surface area contributed by atoms with Crippen LogP contribution in [-0.2, 0) is 4.79 Å². The molecule has 2 aliphatic rings. The van der Waals surface area contributed by atoms with Crippen molar-refractivity contribution in [1.82, 2.24) is 25.5 Å². The van der Waals surface area contributed by atoms with Crippen molar-refractivity contribution in [1.29, 1.82) is 0 Å². The molecule has 1 amide bonds. The first kappa shape index (κ1) is 19.7. The van der Waals surface area contributed by atoms with Crippen molar-refractivity contribution >= 4 is 29.6 Å². The Morgan fingerprint density at radius 1 is 1.26 bits per heavy atom. The van der Waals surface area contributed by atoms with Gasteiger partial charge in [0.2, 0.25) is 11.9 Å². The van der Waals surface area contributed by atoms with Crippen LogP contribution in [0.1, 0.15) is 19.3 Å². The van der Waals surface area contributed by atoms with Crippen LogP contribution in [0.4, 0.5) is 5.95 Å². The smallest absolute Gasteiger partial charge is 0.225 e. The molecule has 9 heteroatoms. The zero-order chi connectivity index (χ0) is 18.9. The van der Waals surface area contributed by atoms with Crippen LogP contribution >= 0.6 is 11.8 Å². The molecule has 1 aromatic rings. The highest BCUT2D eigenvalue weighted by Crippen LogP contribution is 2.25. The molecule has 148 valence electrons. The molecule has 0 bridgehead atoms. The van der Waals surface area contributed by atoms with Crippen LogP contribution in [0, 0.1) is 0 Å². The molecular weight excluding hydrogens is 362 g/mol. The number of carbonyl (C=O) groups is 1. The van der Waals surface area contributed by atoms with Crippen LogP contribution in [0.15, 0.2) is 23.5 Å². The number of rotatable bonds is 6. The molecule has 3 rings (SSSR count). The molecule has 2 N–H and O–H groups in total.